The number of thiocarbonyl (C=S) groups is 1. The van der Waals surface area contributed by atoms with Gasteiger partial charge in [-0.2, -0.15) is 11.3 Å². The van der Waals surface area contributed by atoms with Crippen LogP contribution < -0.4 is 15.4 Å². The van der Waals surface area contributed by atoms with Gasteiger partial charge in [0.25, 0.3) is 10.0 Å². The number of amides is 1. The van der Waals surface area contributed by atoms with Gasteiger partial charge in [0, 0.05) is 7.05 Å². The van der Waals surface area contributed by atoms with Gasteiger partial charge in [0.2, 0.25) is 5.91 Å². The molecule has 6 nitrogen and oxygen atoms in total. The van der Waals surface area contributed by atoms with E-state index in [1.54, 1.807) is 30.4 Å². The second kappa shape index (κ2) is 8.61. The van der Waals surface area contributed by atoms with E-state index in [0.29, 0.717) is 11.1 Å². The van der Waals surface area contributed by atoms with Crippen molar-refractivity contribution in [2.24, 2.45) is 0 Å². The van der Waals surface area contributed by atoms with Gasteiger partial charge in [-0.15, -0.1) is 0 Å². The summed E-state index contributed by atoms with van der Waals surface area (Å²) in [4.78, 5) is 12.4. The van der Waals surface area contributed by atoms with Gasteiger partial charge in [0.05, 0.1) is 17.4 Å². The van der Waals surface area contributed by atoms with Gasteiger partial charge in [-0.05, 0) is 65.6 Å². The molecule has 140 valence electrons. The fourth-order valence-electron chi connectivity index (χ4n) is 2.35. The lowest BCUT2D eigenvalue weighted by Gasteiger charge is -2.14. The molecule has 1 amide bonds. The maximum Gasteiger partial charge on any atom is 0.263 e. The predicted molar refractivity (Wildman–Crippen MR) is 108 cm³/mol. The quantitative estimate of drug-likeness (QED) is 0.635. The van der Waals surface area contributed by atoms with Crippen molar-refractivity contribution in [2.75, 3.05) is 7.05 Å². The largest absolute Gasteiger partial charge is 0.365 e. The highest BCUT2D eigenvalue weighted by Crippen LogP contribution is 2.19. The zero-order valence-electron chi connectivity index (χ0n) is 14.7. The molecule has 3 N–H and O–H groups in total. The van der Waals surface area contributed by atoms with Crippen molar-refractivity contribution in [3.63, 3.8) is 0 Å². The van der Waals surface area contributed by atoms with Gasteiger partial charge in [0.15, 0.2) is 5.11 Å². The molecule has 0 aliphatic carbocycles. The Morgan fingerprint density at radius 2 is 2.04 bits per heavy atom. The fraction of sp³-hybridized carbons (Fsp3) is 0.294. The normalized spacial score (nSPS) is 12.3. The predicted octanol–water partition coefficient (Wildman–Crippen LogP) is 2.26. The number of hydrogen-bond donors (Lipinski definition) is 3. The molecular formula is C17H21N3O3S3. The second-order valence-electron chi connectivity index (χ2n) is 5.81. The second-order valence-corrected chi connectivity index (χ2v) is 8.65. The average Bonchev–Trinajstić information content (AvgIpc) is 3.10. The molecule has 2 rings (SSSR count). The van der Waals surface area contributed by atoms with Crippen LogP contribution in [0.2, 0.25) is 0 Å². The van der Waals surface area contributed by atoms with E-state index in [-0.39, 0.29) is 28.4 Å². The van der Waals surface area contributed by atoms with Gasteiger partial charge in [-0.3, -0.25) is 9.52 Å². The summed E-state index contributed by atoms with van der Waals surface area (Å²) in [7, 11) is -2.27. The monoisotopic (exact) mass is 411 g/mol. The minimum atomic E-state index is -3.80. The lowest BCUT2D eigenvalue weighted by Crippen LogP contribution is -2.37. The molecule has 0 aliphatic heterocycles. The number of benzene rings is 1. The van der Waals surface area contributed by atoms with Crippen LogP contribution in [-0.4, -0.2) is 26.5 Å². The highest BCUT2D eigenvalue weighted by molar-refractivity contribution is 7.91. The van der Waals surface area contributed by atoms with Crippen LogP contribution in [0.1, 0.15) is 29.7 Å². The maximum atomic E-state index is 12.5. The van der Waals surface area contributed by atoms with Gasteiger partial charge in [-0.1, -0.05) is 12.1 Å². The molecule has 0 saturated heterocycles. The number of aryl methyl sites for hydroxylation is 1. The SMILES string of the molecule is CNC(=S)NS(=O)(=O)c1cc(CC(=O)NC(C)c2ccsc2)ccc1C. The molecule has 9 heteroatoms. The number of rotatable bonds is 6. The van der Waals surface area contributed by atoms with E-state index < -0.39 is 10.0 Å². The lowest BCUT2D eigenvalue weighted by molar-refractivity contribution is -0.121. The first-order valence-electron chi connectivity index (χ1n) is 7.88. The number of carbonyl (C=O) groups is 1. The number of sulfonamides is 1. The minimum Gasteiger partial charge on any atom is -0.365 e. The first-order chi connectivity index (χ1) is 12.2. The summed E-state index contributed by atoms with van der Waals surface area (Å²) < 4.78 is 27.2. The van der Waals surface area contributed by atoms with Gasteiger partial charge in [-0.25, -0.2) is 8.42 Å². The molecule has 0 spiro atoms. The average molecular weight is 412 g/mol. The molecule has 2 aromatic rings. The number of carbonyl (C=O) groups excluding carboxylic acids is 1. The Morgan fingerprint density at radius 3 is 2.65 bits per heavy atom. The summed E-state index contributed by atoms with van der Waals surface area (Å²) in [5.41, 5.74) is 2.23. The van der Waals surface area contributed by atoms with Crippen LogP contribution >= 0.6 is 23.6 Å². The highest BCUT2D eigenvalue weighted by Gasteiger charge is 2.19. The Balaban J connectivity index is 2.13. The topological polar surface area (TPSA) is 87.3 Å². The van der Waals surface area contributed by atoms with Crippen molar-refractivity contribution in [1.29, 1.82) is 0 Å². The summed E-state index contributed by atoms with van der Waals surface area (Å²) in [6.07, 6.45) is 0.0910. The molecule has 1 heterocycles. The standard InChI is InChI=1S/C17H21N3O3S3/c1-11-4-5-13(8-15(11)26(22,23)20-17(24)18-3)9-16(21)19-12(2)14-6-7-25-10-14/h4-8,10,12H,9H2,1-3H3,(H,19,21)(H2,18,20,24). The Hall–Kier alpha value is -1.97. The van der Waals surface area contributed by atoms with E-state index in [2.05, 4.69) is 15.4 Å². The first-order valence-corrected chi connectivity index (χ1v) is 10.7. The summed E-state index contributed by atoms with van der Waals surface area (Å²) in [5.74, 6) is -0.172. The van der Waals surface area contributed by atoms with E-state index in [0.717, 1.165) is 5.56 Å². The maximum absolute atomic E-state index is 12.5. The van der Waals surface area contributed by atoms with Crippen LogP contribution in [0.4, 0.5) is 0 Å². The van der Waals surface area contributed by atoms with Crippen molar-refractivity contribution < 1.29 is 13.2 Å². The van der Waals surface area contributed by atoms with Crippen molar-refractivity contribution >= 4 is 44.6 Å². The Morgan fingerprint density at radius 1 is 1.31 bits per heavy atom. The van der Waals surface area contributed by atoms with Crippen LogP contribution in [0.15, 0.2) is 39.9 Å². The van der Waals surface area contributed by atoms with Crippen LogP contribution in [0.5, 0.6) is 0 Å². The molecular weight excluding hydrogens is 390 g/mol. The molecule has 0 saturated carbocycles. The van der Waals surface area contributed by atoms with Crippen molar-refractivity contribution in [1.82, 2.24) is 15.4 Å². The third kappa shape index (κ3) is 5.26. The van der Waals surface area contributed by atoms with Gasteiger partial charge >= 0.3 is 0 Å². The smallest absolute Gasteiger partial charge is 0.263 e. The molecule has 1 unspecified atom stereocenters. The van der Waals surface area contributed by atoms with E-state index in [1.165, 1.54) is 13.1 Å². The molecule has 1 aromatic carbocycles. The molecule has 1 aromatic heterocycles. The summed E-state index contributed by atoms with van der Waals surface area (Å²) >= 11 is 6.44. The Bertz CT molecular complexity index is 893. The Kier molecular flexibility index (Phi) is 6.74. The number of thiophene rings is 1. The number of hydrogen-bond acceptors (Lipinski definition) is 5. The first kappa shape index (κ1) is 20.3. The van der Waals surface area contributed by atoms with E-state index in [9.17, 15) is 13.2 Å². The summed E-state index contributed by atoms with van der Waals surface area (Å²) in [5, 5.41) is 9.44. The summed E-state index contributed by atoms with van der Waals surface area (Å²) in [6.45, 7) is 3.60. The summed E-state index contributed by atoms with van der Waals surface area (Å²) in [6, 6.07) is 6.80. The third-order valence-electron chi connectivity index (χ3n) is 3.78. The van der Waals surface area contributed by atoms with Gasteiger partial charge in [0.1, 0.15) is 0 Å². The molecule has 0 aliphatic rings. The van der Waals surface area contributed by atoms with Crippen LogP contribution in [-0.2, 0) is 21.2 Å². The van der Waals surface area contributed by atoms with Gasteiger partial charge < -0.3 is 10.6 Å². The molecule has 1 atom stereocenters. The van der Waals surface area contributed by atoms with E-state index in [1.807, 2.05) is 23.8 Å². The molecule has 26 heavy (non-hydrogen) atoms. The molecule has 0 bridgehead atoms. The zero-order chi connectivity index (χ0) is 19.3. The van der Waals surface area contributed by atoms with Crippen molar-refractivity contribution in [3.8, 4) is 0 Å². The van der Waals surface area contributed by atoms with Crippen LogP contribution in [0.25, 0.3) is 0 Å². The van der Waals surface area contributed by atoms with Crippen molar-refractivity contribution in [2.45, 2.75) is 31.2 Å². The van der Waals surface area contributed by atoms with E-state index >= 15 is 0 Å². The third-order valence-corrected chi connectivity index (χ3v) is 6.41. The molecule has 0 fully saturated rings. The van der Waals surface area contributed by atoms with Crippen LogP contribution in [0.3, 0.4) is 0 Å². The molecule has 0 radical (unpaired) electrons. The lowest BCUT2D eigenvalue weighted by atomic mass is 10.1. The number of nitrogens with one attached hydrogen (secondary N) is 3. The van der Waals surface area contributed by atoms with E-state index in [4.69, 9.17) is 12.2 Å². The fourth-order valence-corrected chi connectivity index (χ4v) is 4.69. The van der Waals surface area contributed by atoms with Crippen molar-refractivity contribution in [3.05, 3.63) is 51.7 Å². The minimum absolute atomic E-state index is 0.0112. The van der Waals surface area contributed by atoms with Crippen LogP contribution in [0, 0.1) is 6.92 Å². The highest BCUT2D eigenvalue weighted by atomic mass is 32.2. The Labute approximate surface area is 163 Å². The zero-order valence-corrected chi connectivity index (χ0v) is 17.1.